The third kappa shape index (κ3) is 6.56. The molecule has 204 valence electrons. The quantitative estimate of drug-likeness (QED) is 0.257. The molecule has 4 heterocycles. The molecular weight excluding hydrogens is 504 g/mol. The summed E-state index contributed by atoms with van der Waals surface area (Å²) < 4.78 is 0. The summed E-state index contributed by atoms with van der Waals surface area (Å²) in [4.78, 5) is 39.8. The Kier molecular flexibility index (Phi) is 8.52. The van der Waals surface area contributed by atoms with E-state index in [1.54, 1.807) is 30.7 Å². The molecule has 3 aromatic heterocycles. The Morgan fingerprint density at radius 1 is 0.950 bits per heavy atom. The van der Waals surface area contributed by atoms with Crippen molar-refractivity contribution in [1.82, 2.24) is 35.1 Å². The number of piperazine rings is 1. The highest BCUT2D eigenvalue weighted by Crippen LogP contribution is 2.24. The predicted octanol–water partition coefficient (Wildman–Crippen LogP) is 3.87. The van der Waals surface area contributed by atoms with E-state index in [9.17, 15) is 4.79 Å². The maximum Gasteiger partial charge on any atom is 0.256 e. The van der Waals surface area contributed by atoms with Crippen LogP contribution < -0.4 is 20.9 Å². The smallest absolute Gasteiger partial charge is 0.256 e. The fourth-order valence-electron chi connectivity index (χ4n) is 4.37. The second-order valence-electron chi connectivity index (χ2n) is 9.17. The zero-order valence-electron chi connectivity index (χ0n) is 22.4. The molecular formula is C29H32N10O. The van der Waals surface area contributed by atoms with Gasteiger partial charge in [-0.1, -0.05) is 19.1 Å². The van der Waals surface area contributed by atoms with Gasteiger partial charge in [0.05, 0.1) is 11.9 Å². The molecule has 1 aromatic carbocycles. The number of anilines is 5. The van der Waals surface area contributed by atoms with E-state index in [-0.39, 0.29) is 11.5 Å². The van der Waals surface area contributed by atoms with Gasteiger partial charge in [0.1, 0.15) is 22.9 Å². The molecule has 0 unspecified atom stereocenters. The standard InChI is InChI=1S/C29H32N10O/c1-3-12-32-28(40)23-19-33-29(34-21-8-10-22(11-9-21)39-17-15-38(4-2)16-18-39)37-27(23)36-26-7-5-6-24(35-26)25-20-30-13-14-31-25/h3,5-11,13-14,19-20H,1,4,12,15-18H2,2H3,(H,32,40)(H2,33,34,35,36,37). The fraction of sp³-hybridized carbons (Fsp3) is 0.241. The predicted molar refractivity (Wildman–Crippen MR) is 157 cm³/mol. The van der Waals surface area contributed by atoms with Crippen molar-refractivity contribution < 1.29 is 4.79 Å². The first-order valence-corrected chi connectivity index (χ1v) is 13.2. The maximum absolute atomic E-state index is 12.9. The molecule has 0 spiro atoms. The number of amides is 1. The highest BCUT2D eigenvalue weighted by atomic mass is 16.1. The Balaban J connectivity index is 1.35. The number of hydrogen-bond donors (Lipinski definition) is 3. The van der Waals surface area contributed by atoms with Crippen molar-refractivity contribution in [3.8, 4) is 11.4 Å². The van der Waals surface area contributed by atoms with E-state index in [0.29, 0.717) is 35.5 Å². The van der Waals surface area contributed by atoms with Crippen LogP contribution in [-0.2, 0) is 0 Å². The number of benzene rings is 1. The number of hydrogen-bond acceptors (Lipinski definition) is 10. The van der Waals surface area contributed by atoms with Crippen LogP contribution in [0.1, 0.15) is 17.3 Å². The molecule has 1 fully saturated rings. The minimum Gasteiger partial charge on any atom is -0.369 e. The highest BCUT2D eigenvalue weighted by molar-refractivity contribution is 5.99. The normalized spacial score (nSPS) is 13.5. The average molecular weight is 537 g/mol. The number of carbonyl (C=O) groups is 1. The van der Waals surface area contributed by atoms with Crippen LogP contribution in [0.2, 0.25) is 0 Å². The van der Waals surface area contributed by atoms with Gasteiger partial charge in [0.25, 0.3) is 5.91 Å². The summed E-state index contributed by atoms with van der Waals surface area (Å²) in [6.45, 7) is 11.4. The molecule has 0 atom stereocenters. The Morgan fingerprint density at radius 2 is 1.77 bits per heavy atom. The van der Waals surface area contributed by atoms with Crippen molar-refractivity contribution in [3.05, 3.63) is 85.5 Å². The molecule has 1 aliphatic rings. The summed E-state index contributed by atoms with van der Waals surface area (Å²) in [5.74, 6) is 0.829. The van der Waals surface area contributed by atoms with Crippen LogP contribution in [0, 0.1) is 0 Å². The van der Waals surface area contributed by atoms with Crippen LogP contribution >= 0.6 is 0 Å². The van der Waals surface area contributed by atoms with Crippen molar-refractivity contribution >= 4 is 34.9 Å². The largest absolute Gasteiger partial charge is 0.369 e. The van der Waals surface area contributed by atoms with E-state index in [2.05, 4.69) is 76.3 Å². The lowest BCUT2D eigenvalue weighted by Crippen LogP contribution is -2.46. The van der Waals surface area contributed by atoms with Crippen LogP contribution in [0.15, 0.2) is 79.9 Å². The SMILES string of the molecule is C=CCNC(=O)c1cnc(Nc2ccc(N3CCN(CC)CC3)cc2)nc1Nc1cccc(-c2cnccn2)n1. The van der Waals surface area contributed by atoms with Gasteiger partial charge in [-0.15, -0.1) is 6.58 Å². The lowest BCUT2D eigenvalue weighted by atomic mass is 10.2. The Bertz CT molecular complexity index is 1440. The van der Waals surface area contributed by atoms with E-state index < -0.39 is 0 Å². The Labute approximate surface area is 233 Å². The van der Waals surface area contributed by atoms with Crippen LogP contribution in [0.3, 0.4) is 0 Å². The number of carbonyl (C=O) groups excluding carboxylic acids is 1. The third-order valence-electron chi connectivity index (χ3n) is 6.57. The third-order valence-corrected chi connectivity index (χ3v) is 6.57. The van der Waals surface area contributed by atoms with Gasteiger partial charge in [-0.05, 0) is 42.9 Å². The topological polar surface area (TPSA) is 124 Å². The number of rotatable bonds is 10. The van der Waals surface area contributed by atoms with Crippen LogP contribution in [0.4, 0.5) is 29.0 Å². The molecule has 0 saturated carbocycles. The minimum absolute atomic E-state index is 0.278. The molecule has 5 rings (SSSR count). The maximum atomic E-state index is 12.9. The van der Waals surface area contributed by atoms with Crippen molar-refractivity contribution in [2.24, 2.45) is 0 Å². The molecule has 11 heteroatoms. The molecule has 3 N–H and O–H groups in total. The van der Waals surface area contributed by atoms with E-state index in [1.165, 1.54) is 11.9 Å². The summed E-state index contributed by atoms with van der Waals surface area (Å²) in [7, 11) is 0. The van der Waals surface area contributed by atoms with Gasteiger partial charge in [0, 0.05) is 62.7 Å². The number of aromatic nitrogens is 5. The zero-order valence-corrected chi connectivity index (χ0v) is 22.4. The summed E-state index contributed by atoms with van der Waals surface area (Å²) >= 11 is 0. The van der Waals surface area contributed by atoms with Gasteiger partial charge in [-0.2, -0.15) is 4.98 Å². The molecule has 0 bridgehead atoms. The van der Waals surface area contributed by atoms with Crippen molar-refractivity contribution in [1.29, 1.82) is 0 Å². The summed E-state index contributed by atoms with van der Waals surface area (Å²) in [6, 6.07) is 13.7. The highest BCUT2D eigenvalue weighted by Gasteiger charge is 2.17. The lowest BCUT2D eigenvalue weighted by molar-refractivity contribution is 0.0958. The molecule has 0 aliphatic carbocycles. The second kappa shape index (κ2) is 12.8. The van der Waals surface area contributed by atoms with E-state index in [1.807, 2.05) is 24.3 Å². The van der Waals surface area contributed by atoms with E-state index >= 15 is 0 Å². The molecule has 1 saturated heterocycles. The average Bonchev–Trinajstić information content (AvgIpc) is 3.01. The molecule has 1 amide bonds. The van der Waals surface area contributed by atoms with E-state index in [0.717, 1.165) is 38.4 Å². The lowest BCUT2D eigenvalue weighted by Gasteiger charge is -2.35. The van der Waals surface area contributed by atoms with Gasteiger partial charge in [-0.3, -0.25) is 14.8 Å². The first-order valence-electron chi connectivity index (χ1n) is 13.2. The number of likely N-dealkylation sites (N-methyl/N-ethyl adjacent to an activating group) is 1. The molecule has 0 radical (unpaired) electrons. The van der Waals surface area contributed by atoms with Gasteiger partial charge in [0.2, 0.25) is 5.95 Å². The Hall–Kier alpha value is -4.90. The van der Waals surface area contributed by atoms with Gasteiger partial charge in [0.15, 0.2) is 0 Å². The first kappa shape index (κ1) is 26.7. The summed E-state index contributed by atoms with van der Waals surface area (Å²) in [6.07, 6.45) is 7.96. The second-order valence-corrected chi connectivity index (χ2v) is 9.17. The molecule has 11 nitrogen and oxygen atoms in total. The van der Waals surface area contributed by atoms with Crippen LogP contribution in [0.5, 0.6) is 0 Å². The van der Waals surface area contributed by atoms with Crippen LogP contribution in [0.25, 0.3) is 11.4 Å². The van der Waals surface area contributed by atoms with E-state index in [4.69, 9.17) is 0 Å². The summed E-state index contributed by atoms with van der Waals surface area (Å²) in [5.41, 5.74) is 3.58. The molecule has 4 aromatic rings. The molecule has 40 heavy (non-hydrogen) atoms. The van der Waals surface area contributed by atoms with Gasteiger partial charge >= 0.3 is 0 Å². The monoisotopic (exact) mass is 536 g/mol. The van der Waals surface area contributed by atoms with Gasteiger partial charge < -0.3 is 25.8 Å². The van der Waals surface area contributed by atoms with Gasteiger partial charge in [-0.25, -0.2) is 9.97 Å². The molecule has 1 aliphatic heterocycles. The van der Waals surface area contributed by atoms with Crippen molar-refractivity contribution in [3.63, 3.8) is 0 Å². The summed E-state index contributed by atoms with van der Waals surface area (Å²) in [5, 5.41) is 9.21. The Morgan fingerprint density at radius 3 is 2.50 bits per heavy atom. The van der Waals surface area contributed by atoms with Crippen LogP contribution in [-0.4, -0.2) is 75.0 Å². The first-order chi connectivity index (χ1) is 19.6. The minimum atomic E-state index is -0.327. The van der Waals surface area contributed by atoms with Crippen molar-refractivity contribution in [2.45, 2.75) is 6.92 Å². The fourth-order valence-corrected chi connectivity index (χ4v) is 4.37. The van der Waals surface area contributed by atoms with Crippen molar-refractivity contribution in [2.75, 3.05) is 54.8 Å². The zero-order chi connectivity index (χ0) is 27.7. The number of pyridine rings is 1. The number of nitrogens with one attached hydrogen (secondary N) is 3. The number of nitrogens with zero attached hydrogens (tertiary/aromatic N) is 7.